The molecule has 1 aromatic carbocycles. The summed E-state index contributed by atoms with van der Waals surface area (Å²) < 4.78 is 0. The minimum Gasteiger partial charge on any atom is -0.389 e. The van der Waals surface area contributed by atoms with Gasteiger partial charge >= 0.3 is 0 Å². The summed E-state index contributed by atoms with van der Waals surface area (Å²) in [5.74, 6) is -0.00308. The Morgan fingerprint density at radius 2 is 2.15 bits per heavy atom. The van der Waals surface area contributed by atoms with Gasteiger partial charge < -0.3 is 10.0 Å². The summed E-state index contributed by atoms with van der Waals surface area (Å²) in [5, 5.41) is 9.97. The van der Waals surface area contributed by atoms with Crippen LogP contribution in [0.15, 0.2) is 30.3 Å². The number of carbonyl (C=O) groups excluding carboxylic acids is 1. The summed E-state index contributed by atoms with van der Waals surface area (Å²) >= 11 is 7.49. The van der Waals surface area contributed by atoms with Gasteiger partial charge in [-0.05, 0) is 36.2 Å². The number of β-amino-alcohol motifs (C(OH)–C–C–N with tert-alkyl or cyclic N) is 1. The largest absolute Gasteiger partial charge is 0.389 e. The highest BCUT2D eigenvalue weighted by Gasteiger charge is 2.30. The fourth-order valence-electron chi connectivity index (χ4n) is 2.28. The Balaban J connectivity index is 1.89. The molecule has 3 nitrogen and oxygen atoms in total. The number of aliphatic hydroxyl groups is 1. The molecular weight excluding hydrogens is 294 g/mol. The van der Waals surface area contributed by atoms with Crippen LogP contribution >= 0.6 is 22.9 Å². The second-order valence-electron chi connectivity index (χ2n) is 5.00. The Kier molecular flexibility index (Phi) is 3.54. The predicted octanol–water partition coefficient (Wildman–Crippen LogP) is 3.19. The number of carbonyl (C=O) groups is 1. The predicted molar refractivity (Wildman–Crippen MR) is 81.4 cm³/mol. The van der Waals surface area contributed by atoms with Crippen LogP contribution in [-0.4, -0.2) is 35.1 Å². The number of benzene rings is 1. The van der Waals surface area contributed by atoms with E-state index in [4.69, 9.17) is 11.6 Å². The Morgan fingerprint density at radius 3 is 2.80 bits per heavy atom. The second-order valence-corrected chi connectivity index (χ2v) is 6.49. The van der Waals surface area contributed by atoms with E-state index in [1.807, 2.05) is 37.3 Å². The van der Waals surface area contributed by atoms with Crippen LogP contribution in [0, 0.1) is 6.92 Å². The van der Waals surface area contributed by atoms with Crippen LogP contribution in [0.5, 0.6) is 0 Å². The molecule has 0 unspecified atom stereocenters. The first-order valence-corrected chi connectivity index (χ1v) is 7.58. The zero-order chi connectivity index (χ0) is 14.3. The van der Waals surface area contributed by atoms with Gasteiger partial charge in [0.1, 0.15) is 0 Å². The molecule has 1 amide bonds. The molecule has 0 aliphatic carbocycles. The summed E-state index contributed by atoms with van der Waals surface area (Å²) in [6.45, 7) is 2.86. The highest BCUT2D eigenvalue weighted by molar-refractivity contribution is 7.17. The third-order valence-corrected chi connectivity index (χ3v) is 4.87. The van der Waals surface area contributed by atoms with Crippen LogP contribution in [0.25, 0.3) is 10.4 Å². The van der Waals surface area contributed by atoms with Gasteiger partial charge in [0.15, 0.2) is 0 Å². The zero-order valence-corrected chi connectivity index (χ0v) is 12.5. The van der Waals surface area contributed by atoms with E-state index in [9.17, 15) is 9.90 Å². The van der Waals surface area contributed by atoms with Gasteiger partial charge in [-0.25, -0.2) is 0 Å². The maximum absolute atomic E-state index is 12.2. The molecule has 5 heteroatoms. The molecule has 0 bridgehead atoms. The Morgan fingerprint density at radius 1 is 1.40 bits per heavy atom. The van der Waals surface area contributed by atoms with Crippen LogP contribution in [0.4, 0.5) is 0 Å². The van der Waals surface area contributed by atoms with Crippen molar-refractivity contribution in [3.8, 4) is 10.4 Å². The third kappa shape index (κ3) is 2.46. The molecule has 1 saturated heterocycles. The molecule has 104 valence electrons. The SMILES string of the molecule is Cc1cc(C(=O)N2CC(O)C2)sc1-c1cccc(Cl)c1. The smallest absolute Gasteiger partial charge is 0.264 e. The van der Waals surface area contributed by atoms with Crippen molar-refractivity contribution in [1.82, 2.24) is 4.90 Å². The molecule has 1 aliphatic heterocycles. The van der Waals surface area contributed by atoms with Crippen LogP contribution in [-0.2, 0) is 0 Å². The van der Waals surface area contributed by atoms with Crippen LogP contribution in [0.3, 0.4) is 0 Å². The zero-order valence-electron chi connectivity index (χ0n) is 11.0. The summed E-state index contributed by atoms with van der Waals surface area (Å²) in [6, 6.07) is 9.55. The number of nitrogens with zero attached hydrogens (tertiary/aromatic N) is 1. The monoisotopic (exact) mass is 307 g/mol. The summed E-state index contributed by atoms with van der Waals surface area (Å²) in [6.07, 6.45) is -0.368. The van der Waals surface area contributed by atoms with E-state index in [1.54, 1.807) is 4.90 Å². The molecule has 1 fully saturated rings. The first kappa shape index (κ1) is 13.6. The van der Waals surface area contributed by atoms with Crippen molar-refractivity contribution in [2.24, 2.45) is 0 Å². The number of thiophene rings is 1. The fourth-order valence-corrected chi connectivity index (χ4v) is 3.61. The molecule has 0 atom stereocenters. The average Bonchev–Trinajstić information content (AvgIpc) is 2.76. The van der Waals surface area contributed by atoms with Crippen molar-refractivity contribution in [3.05, 3.63) is 45.8 Å². The topological polar surface area (TPSA) is 40.5 Å². The van der Waals surface area contributed by atoms with E-state index >= 15 is 0 Å². The molecule has 2 aromatic rings. The lowest BCUT2D eigenvalue weighted by atomic mass is 10.1. The third-order valence-electron chi connectivity index (χ3n) is 3.36. The molecule has 1 N–H and O–H groups in total. The van der Waals surface area contributed by atoms with Crippen LogP contribution < -0.4 is 0 Å². The number of aliphatic hydroxyl groups excluding tert-OH is 1. The van der Waals surface area contributed by atoms with E-state index in [2.05, 4.69) is 0 Å². The Labute approximate surface area is 126 Å². The van der Waals surface area contributed by atoms with Gasteiger partial charge in [-0.3, -0.25) is 4.79 Å². The van der Waals surface area contributed by atoms with Gasteiger partial charge in [0.25, 0.3) is 5.91 Å². The quantitative estimate of drug-likeness (QED) is 0.925. The van der Waals surface area contributed by atoms with Gasteiger partial charge in [-0.2, -0.15) is 0 Å². The number of likely N-dealkylation sites (tertiary alicyclic amines) is 1. The molecule has 0 saturated carbocycles. The normalized spacial score (nSPS) is 15.2. The lowest BCUT2D eigenvalue weighted by molar-refractivity contribution is 0.00622. The minimum absolute atomic E-state index is 0.00308. The molecule has 2 heterocycles. The maximum Gasteiger partial charge on any atom is 0.264 e. The highest BCUT2D eigenvalue weighted by atomic mass is 35.5. The second kappa shape index (κ2) is 5.20. The van der Waals surface area contributed by atoms with Gasteiger partial charge in [0.05, 0.1) is 11.0 Å². The average molecular weight is 308 g/mol. The molecule has 0 radical (unpaired) electrons. The molecule has 0 spiro atoms. The number of rotatable bonds is 2. The lowest BCUT2D eigenvalue weighted by Crippen LogP contribution is -2.53. The first-order valence-electron chi connectivity index (χ1n) is 6.38. The van der Waals surface area contributed by atoms with Gasteiger partial charge in [0.2, 0.25) is 0 Å². The summed E-state index contributed by atoms with van der Waals surface area (Å²) in [4.78, 5) is 15.7. The molecular formula is C15H14ClNO2S. The van der Waals surface area contributed by atoms with E-state index in [0.717, 1.165) is 16.0 Å². The number of halogens is 1. The summed E-state index contributed by atoms with van der Waals surface area (Å²) in [5.41, 5.74) is 2.10. The van der Waals surface area contributed by atoms with Crippen molar-refractivity contribution in [1.29, 1.82) is 0 Å². The van der Waals surface area contributed by atoms with Crippen molar-refractivity contribution < 1.29 is 9.90 Å². The van der Waals surface area contributed by atoms with Crippen LogP contribution in [0.2, 0.25) is 5.02 Å². The van der Waals surface area contributed by atoms with Crippen molar-refractivity contribution in [2.75, 3.05) is 13.1 Å². The first-order chi connectivity index (χ1) is 9.54. The fraction of sp³-hybridized carbons (Fsp3) is 0.267. The highest BCUT2D eigenvalue weighted by Crippen LogP contribution is 2.34. The van der Waals surface area contributed by atoms with Crippen molar-refractivity contribution in [3.63, 3.8) is 0 Å². The number of amides is 1. The Hall–Kier alpha value is -1.36. The summed E-state index contributed by atoms with van der Waals surface area (Å²) in [7, 11) is 0. The molecule has 3 rings (SSSR count). The minimum atomic E-state index is -0.368. The molecule has 20 heavy (non-hydrogen) atoms. The number of hydrogen-bond donors (Lipinski definition) is 1. The van der Waals surface area contributed by atoms with Gasteiger partial charge in [0, 0.05) is 23.0 Å². The van der Waals surface area contributed by atoms with E-state index in [1.165, 1.54) is 11.3 Å². The van der Waals surface area contributed by atoms with E-state index < -0.39 is 0 Å². The van der Waals surface area contributed by atoms with E-state index in [0.29, 0.717) is 23.0 Å². The standard InChI is InChI=1S/C15H14ClNO2S/c1-9-5-13(15(19)17-7-12(18)8-17)20-14(9)10-3-2-4-11(16)6-10/h2-6,12,18H,7-8H2,1H3. The number of aryl methyl sites for hydroxylation is 1. The van der Waals surface area contributed by atoms with E-state index in [-0.39, 0.29) is 12.0 Å². The Bertz CT molecular complexity index is 662. The lowest BCUT2D eigenvalue weighted by Gasteiger charge is -2.35. The van der Waals surface area contributed by atoms with Crippen molar-refractivity contribution >= 4 is 28.8 Å². The maximum atomic E-state index is 12.2. The van der Waals surface area contributed by atoms with Crippen molar-refractivity contribution in [2.45, 2.75) is 13.0 Å². The molecule has 1 aliphatic rings. The number of hydrogen-bond acceptors (Lipinski definition) is 3. The molecule has 1 aromatic heterocycles. The van der Waals surface area contributed by atoms with Crippen LogP contribution in [0.1, 0.15) is 15.2 Å². The van der Waals surface area contributed by atoms with Gasteiger partial charge in [-0.15, -0.1) is 11.3 Å². The van der Waals surface area contributed by atoms with Gasteiger partial charge in [-0.1, -0.05) is 23.7 Å².